The predicted molar refractivity (Wildman–Crippen MR) is 64.3 cm³/mol. The maximum atomic E-state index is 11.8. The summed E-state index contributed by atoms with van der Waals surface area (Å²) in [5.41, 5.74) is 0.573. The van der Waals surface area contributed by atoms with Crippen LogP contribution < -0.4 is 5.32 Å². The number of aryl methyl sites for hydroxylation is 1. The van der Waals surface area contributed by atoms with Crippen LogP contribution in [0.25, 0.3) is 0 Å². The second-order valence-corrected chi connectivity index (χ2v) is 4.25. The number of benzene rings is 1. The first-order chi connectivity index (χ1) is 8.16. The number of carbonyl (C=O) groups is 1. The Bertz CT molecular complexity index is 539. The number of halogens is 1. The van der Waals surface area contributed by atoms with Gasteiger partial charge in [-0.25, -0.2) is 0 Å². The molecular weight excluding hydrogens is 286 g/mol. The summed E-state index contributed by atoms with van der Waals surface area (Å²) in [5.74, 6) is 0.756. The largest absolute Gasteiger partial charge is 0.343 e. The molecule has 88 valence electrons. The summed E-state index contributed by atoms with van der Waals surface area (Å²) in [6.45, 7) is 1.95. The molecule has 0 atom stereocenters. The van der Waals surface area contributed by atoms with Crippen LogP contribution in [-0.4, -0.2) is 16.0 Å². The fourth-order valence-electron chi connectivity index (χ4n) is 1.31. The van der Waals surface area contributed by atoms with Gasteiger partial charge in [0.25, 0.3) is 5.91 Å². The minimum atomic E-state index is -0.187. The van der Waals surface area contributed by atoms with Gasteiger partial charge in [-0.1, -0.05) is 17.3 Å². The summed E-state index contributed by atoms with van der Waals surface area (Å²) in [6, 6.07) is 7.20. The second-order valence-electron chi connectivity index (χ2n) is 3.40. The van der Waals surface area contributed by atoms with Crippen LogP contribution in [0.5, 0.6) is 0 Å². The van der Waals surface area contributed by atoms with Crippen molar-refractivity contribution in [3.8, 4) is 0 Å². The highest BCUT2D eigenvalue weighted by molar-refractivity contribution is 9.10. The average Bonchev–Trinajstić information content (AvgIpc) is 2.73. The maximum Gasteiger partial charge on any atom is 0.252 e. The van der Waals surface area contributed by atoms with Crippen molar-refractivity contribution < 1.29 is 9.32 Å². The molecule has 0 radical (unpaired) electrons. The van der Waals surface area contributed by atoms with Crippen LogP contribution in [-0.2, 0) is 6.54 Å². The Labute approximate surface area is 106 Å². The molecule has 2 rings (SSSR count). The van der Waals surface area contributed by atoms with Gasteiger partial charge in [0.2, 0.25) is 5.89 Å². The summed E-state index contributed by atoms with van der Waals surface area (Å²) in [4.78, 5) is 15.8. The molecule has 0 fully saturated rings. The molecule has 1 N–H and O–H groups in total. The minimum Gasteiger partial charge on any atom is -0.343 e. The van der Waals surface area contributed by atoms with Gasteiger partial charge in [-0.3, -0.25) is 4.79 Å². The molecule has 0 spiro atoms. The van der Waals surface area contributed by atoms with Gasteiger partial charge < -0.3 is 9.84 Å². The Hall–Kier alpha value is -1.69. The first-order valence-corrected chi connectivity index (χ1v) is 5.78. The molecule has 2 aromatic rings. The van der Waals surface area contributed by atoms with Crippen LogP contribution in [0.15, 0.2) is 33.3 Å². The molecule has 0 aliphatic rings. The summed E-state index contributed by atoms with van der Waals surface area (Å²) in [7, 11) is 0. The topological polar surface area (TPSA) is 68.0 Å². The highest BCUT2D eigenvalue weighted by atomic mass is 79.9. The zero-order chi connectivity index (χ0) is 12.3. The number of aromatic nitrogens is 2. The van der Waals surface area contributed by atoms with Gasteiger partial charge in [-0.15, -0.1) is 0 Å². The number of nitrogens with zero attached hydrogens (tertiary/aromatic N) is 2. The van der Waals surface area contributed by atoms with Crippen LogP contribution in [0.2, 0.25) is 0 Å². The normalized spacial score (nSPS) is 10.2. The number of nitrogens with one attached hydrogen (secondary N) is 1. The lowest BCUT2D eigenvalue weighted by Crippen LogP contribution is -2.23. The fourth-order valence-corrected chi connectivity index (χ4v) is 1.77. The van der Waals surface area contributed by atoms with Gasteiger partial charge in [0.05, 0.1) is 12.1 Å². The number of hydrogen-bond donors (Lipinski definition) is 1. The van der Waals surface area contributed by atoms with Gasteiger partial charge in [-0.2, -0.15) is 4.98 Å². The average molecular weight is 296 g/mol. The van der Waals surface area contributed by atoms with E-state index in [9.17, 15) is 4.79 Å². The fraction of sp³-hybridized carbons (Fsp3) is 0.182. The summed E-state index contributed by atoms with van der Waals surface area (Å²) < 4.78 is 5.64. The first-order valence-electron chi connectivity index (χ1n) is 4.99. The monoisotopic (exact) mass is 295 g/mol. The molecule has 1 heterocycles. The Morgan fingerprint density at radius 1 is 1.47 bits per heavy atom. The second kappa shape index (κ2) is 5.09. The van der Waals surface area contributed by atoms with Gasteiger partial charge in [0, 0.05) is 4.47 Å². The van der Waals surface area contributed by atoms with Gasteiger partial charge in [0.15, 0.2) is 5.82 Å². The molecule has 6 heteroatoms. The zero-order valence-corrected chi connectivity index (χ0v) is 10.7. The number of amides is 1. The molecule has 0 saturated carbocycles. The lowest BCUT2D eigenvalue weighted by atomic mass is 10.2. The number of hydrogen-bond acceptors (Lipinski definition) is 4. The van der Waals surface area contributed by atoms with E-state index in [2.05, 4.69) is 31.4 Å². The number of rotatable bonds is 3. The molecular formula is C11H10BrN3O2. The molecule has 1 aromatic carbocycles. The SMILES string of the molecule is Cc1noc(CNC(=O)c2ccccc2Br)n1. The molecule has 0 aliphatic heterocycles. The van der Waals surface area contributed by atoms with Crippen molar-refractivity contribution in [1.29, 1.82) is 0 Å². The van der Waals surface area contributed by atoms with Crippen molar-refractivity contribution >= 4 is 21.8 Å². The lowest BCUT2D eigenvalue weighted by Gasteiger charge is -2.03. The highest BCUT2D eigenvalue weighted by Gasteiger charge is 2.10. The summed E-state index contributed by atoms with van der Waals surface area (Å²) in [6.07, 6.45) is 0. The lowest BCUT2D eigenvalue weighted by molar-refractivity contribution is 0.0945. The van der Waals surface area contributed by atoms with E-state index in [4.69, 9.17) is 4.52 Å². The van der Waals surface area contributed by atoms with Gasteiger partial charge in [0.1, 0.15) is 0 Å². The first kappa shape index (κ1) is 11.8. The van der Waals surface area contributed by atoms with Crippen LogP contribution in [0, 0.1) is 6.92 Å². The van der Waals surface area contributed by atoms with Crippen LogP contribution in [0.4, 0.5) is 0 Å². The van der Waals surface area contributed by atoms with E-state index in [1.165, 1.54) is 0 Å². The molecule has 1 amide bonds. The van der Waals surface area contributed by atoms with Gasteiger partial charge in [-0.05, 0) is 35.0 Å². The van der Waals surface area contributed by atoms with Crippen LogP contribution >= 0.6 is 15.9 Å². The van der Waals surface area contributed by atoms with E-state index in [1.807, 2.05) is 12.1 Å². The third kappa shape index (κ3) is 2.91. The van der Waals surface area contributed by atoms with Crippen molar-refractivity contribution in [3.05, 3.63) is 46.0 Å². The van der Waals surface area contributed by atoms with E-state index in [0.29, 0.717) is 17.3 Å². The third-order valence-electron chi connectivity index (χ3n) is 2.09. The van der Waals surface area contributed by atoms with E-state index in [0.717, 1.165) is 4.47 Å². The van der Waals surface area contributed by atoms with E-state index in [1.54, 1.807) is 19.1 Å². The predicted octanol–water partition coefficient (Wildman–Crippen LogP) is 2.07. The quantitative estimate of drug-likeness (QED) is 0.941. The van der Waals surface area contributed by atoms with Crippen molar-refractivity contribution in [1.82, 2.24) is 15.5 Å². The molecule has 0 aliphatic carbocycles. The van der Waals surface area contributed by atoms with Crippen molar-refractivity contribution in [3.63, 3.8) is 0 Å². The van der Waals surface area contributed by atoms with E-state index in [-0.39, 0.29) is 12.5 Å². The zero-order valence-electron chi connectivity index (χ0n) is 9.11. The molecule has 17 heavy (non-hydrogen) atoms. The van der Waals surface area contributed by atoms with E-state index >= 15 is 0 Å². The van der Waals surface area contributed by atoms with Crippen LogP contribution in [0.3, 0.4) is 0 Å². The van der Waals surface area contributed by atoms with Crippen LogP contribution in [0.1, 0.15) is 22.1 Å². The summed E-state index contributed by atoms with van der Waals surface area (Å²) in [5, 5.41) is 6.34. The van der Waals surface area contributed by atoms with Crippen molar-refractivity contribution in [2.24, 2.45) is 0 Å². The smallest absolute Gasteiger partial charge is 0.252 e. The Morgan fingerprint density at radius 2 is 2.24 bits per heavy atom. The standard InChI is InChI=1S/C11H10BrN3O2/c1-7-14-10(17-15-7)6-13-11(16)8-4-2-3-5-9(8)12/h2-5H,6H2,1H3,(H,13,16). The Kier molecular flexibility index (Phi) is 3.53. The molecule has 0 unspecified atom stereocenters. The minimum absolute atomic E-state index is 0.187. The number of carbonyl (C=O) groups excluding carboxylic acids is 1. The van der Waals surface area contributed by atoms with E-state index < -0.39 is 0 Å². The van der Waals surface area contributed by atoms with Crippen molar-refractivity contribution in [2.75, 3.05) is 0 Å². The molecule has 5 nitrogen and oxygen atoms in total. The molecule has 1 aromatic heterocycles. The third-order valence-corrected chi connectivity index (χ3v) is 2.78. The van der Waals surface area contributed by atoms with Crippen molar-refractivity contribution in [2.45, 2.75) is 13.5 Å². The Morgan fingerprint density at radius 3 is 2.88 bits per heavy atom. The Balaban J connectivity index is 2.01. The summed E-state index contributed by atoms with van der Waals surface area (Å²) >= 11 is 3.31. The maximum absolute atomic E-state index is 11.8. The molecule has 0 bridgehead atoms. The molecule has 0 saturated heterocycles. The van der Waals surface area contributed by atoms with Gasteiger partial charge >= 0.3 is 0 Å². The highest BCUT2D eigenvalue weighted by Crippen LogP contribution is 2.15.